The fraction of sp³-hybridized carbons (Fsp3) is 0.125. The van der Waals surface area contributed by atoms with Crippen molar-refractivity contribution < 1.29 is 18.7 Å². The summed E-state index contributed by atoms with van der Waals surface area (Å²) in [5, 5.41) is 2.55. The van der Waals surface area contributed by atoms with Crippen LogP contribution in [0, 0.1) is 0 Å². The van der Waals surface area contributed by atoms with Gasteiger partial charge in [0, 0.05) is 9.86 Å². The van der Waals surface area contributed by atoms with Crippen molar-refractivity contribution in [3.63, 3.8) is 0 Å². The number of hydrogen-bond donors (Lipinski definition) is 2. The number of amides is 2. The SMILES string of the molecule is CC[C@@H](Oc1ccc2ccccc2c1Br)C(=O)NNC(=O)c1cc2cc(Br)ccc2oc1=O. The van der Waals surface area contributed by atoms with Crippen LogP contribution in [0.15, 0.2) is 78.8 Å². The molecule has 168 valence electrons. The largest absolute Gasteiger partial charge is 0.479 e. The molecule has 1 heterocycles. The molecule has 0 radical (unpaired) electrons. The van der Waals surface area contributed by atoms with Crippen molar-refractivity contribution >= 4 is 65.4 Å². The summed E-state index contributed by atoms with van der Waals surface area (Å²) < 4.78 is 12.6. The minimum absolute atomic E-state index is 0.229. The van der Waals surface area contributed by atoms with Crippen LogP contribution >= 0.6 is 31.9 Å². The van der Waals surface area contributed by atoms with Gasteiger partial charge in [-0.1, -0.05) is 53.2 Å². The maximum Gasteiger partial charge on any atom is 0.349 e. The second kappa shape index (κ2) is 9.76. The van der Waals surface area contributed by atoms with E-state index in [-0.39, 0.29) is 5.56 Å². The molecule has 1 atom stereocenters. The minimum atomic E-state index is -0.869. The standard InChI is InChI=1S/C24H18Br2N2O5/c1-2-18(32-20-9-7-13-5-3-4-6-16(13)21(20)26)23(30)28-27-22(29)17-12-14-11-15(25)8-10-19(14)33-24(17)31/h3-12,18H,2H2,1H3,(H,27,29)(H,28,30)/t18-/m1/s1. The highest BCUT2D eigenvalue weighted by Gasteiger charge is 2.22. The summed E-state index contributed by atoms with van der Waals surface area (Å²) in [6.07, 6.45) is -0.514. The molecule has 3 aromatic carbocycles. The Bertz CT molecular complexity index is 1430. The molecule has 1 aromatic heterocycles. The number of rotatable bonds is 5. The quantitative estimate of drug-likeness (QED) is 0.256. The van der Waals surface area contributed by atoms with Gasteiger partial charge in [0.1, 0.15) is 16.9 Å². The van der Waals surface area contributed by atoms with Crippen LogP contribution in [0.4, 0.5) is 0 Å². The van der Waals surface area contributed by atoms with Crippen LogP contribution in [0.2, 0.25) is 0 Å². The molecule has 7 nitrogen and oxygen atoms in total. The van der Waals surface area contributed by atoms with Crippen molar-refractivity contribution in [2.24, 2.45) is 0 Å². The molecule has 0 aliphatic rings. The second-order valence-electron chi connectivity index (χ2n) is 7.19. The number of fused-ring (bicyclic) bond motifs is 2. The van der Waals surface area contributed by atoms with Crippen molar-refractivity contribution in [2.75, 3.05) is 0 Å². The monoisotopic (exact) mass is 572 g/mol. The van der Waals surface area contributed by atoms with E-state index >= 15 is 0 Å². The van der Waals surface area contributed by atoms with Crippen LogP contribution in [0.3, 0.4) is 0 Å². The smallest absolute Gasteiger partial charge is 0.349 e. The number of carbonyl (C=O) groups is 2. The highest BCUT2D eigenvalue weighted by Crippen LogP contribution is 2.33. The third kappa shape index (κ3) is 4.94. The number of halogens is 2. The summed E-state index contributed by atoms with van der Waals surface area (Å²) in [5.41, 5.74) is 3.90. The maximum atomic E-state index is 12.7. The van der Waals surface area contributed by atoms with Gasteiger partial charge in [0.25, 0.3) is 11.8 Å². The third-order valence-electron chi connectivity index (χ3n) is 5.00. The van der Waals surface area contributed by atoms with E-state index in [1.807, 2.05) is 30.3 Å². The fourth-order valence-corrected chi connectivity index (χ4v) is 4.26. The Labute approximate surface area is 205 Å². The Morgan fingerprint density at radius 3 is 2.58 bits per heavy atom. The second-order valence-corrected chi connectivity index (χ2v) is 8.90. The van der Waals surface area contributed by atoms with E-state index in [0.29, 0.717) is 23.1 Å². The van der Waals surface area contributed by atoms with E-state index in [2.05, 4.69) is 42.7 Å². The molecule has 2 N–H and O–H groups in total. The number of ether oxygens (including phenoxy) is 1. The molecular formula is C24H18Br2N2O5. The lowest BCUT2D eigenvalue weighted by atomic mass is 10.1. The van der Waals surface area contributed by atoms with E-state index in [9.17, 15) is 14.4 Å². The molecule has 0 spiro atoms. The first-order valence-corrected chi connectivity index (χ1v) is 11.6. The van der Waals surface area contributed by atoms with E-state index in [4.69, 9.17) is 9.15 Å². The zero-order chi connectivity index (χ0) is 23.5. The van der Waals surface area contributed by atoms with E-state index in [1.54, 1.807) is 31.2 Å². The molecule has 4 aromatic rings. The lowest BCUT2D eigenvalue weighted by Gasteiger charge is -2.19. The van der Waals surface area contributed by atoms with Crippen molar-refractivity contribution in [2.45, 2.75) is 19.4 Å². The average Bonchev–Trinajstić information content (AvgIpc) is 2.82. The Hall–Kier alpha value is -3.17. The minimum Gasteiger partial charge on any atom is -0.479 e. The highest BCUT2D eigenvalue weighted by molar-refractivity contribution is 9.11. The van der Waals surface area contributed by atoms with Gasteiger partial charge in [0.2, 0.25) is 0 Å². The average molecular weight is 574 g/mol. The molecule has 2 amide bonds. The zero-order valence-electron chi connectivity index (χ0n) is 17.4. The van der Waals surface area contributed by atoms with Gasteiger partial charge in [-0.25, -0.2) is 4.79 Å². The predicted molar refractivity (Wildman–Crippen MR) is 132 cm³/mol. The molecule has 0 aliphatic heterocycles. The highest BCUT2D eigenvalue weighted by atomic mass is 79.9. The predicted octanol–water partition coefficient (Wildman–Crippen LogP) is 5.09. The molecule has 4 rings (SSSR count). The molecular weight excluding hydrogens is 556 g/mol. The van der Waals surface area contributed by atoms with Gasteiger partial charge in [-0.2, -0.15) is 0 Å². The van der Waals surface area contributed by atoms with E-state index in [0.717, 1.165) is 19.7 Å². The van der Waals surface area contributed by atoms with Gasteiger partial charge < -0.3 is 9.15 Å². The van der Waals surface area contributed by atoms with Crippen LogP contribution < -0.4 is 21.2 Å². The zero-order valence-corrected chi connectivity index (χ0v) is 20.5. The van der Waals surface area contributed by atoms with Gasteiger partial charge in [-0.05, 0) is 63.5 Å². The fourth-order valence-electron chi connectivity index (χ4n) is 3.30. The van der Waals surface area contributed by atoms with Gasteiger partial charge >= 0.3 is 5.63 Å². The molecule has 0 saturated heterocycles. The maximum absolute atomic E-state index is 12.7. The summed E-state index contributed by atoms with van der Waals surface area (Å²) in [7, 11) is 0. The molecule has 0 unspecified atom stereocenters. The number of carbonyl (C=O) groups excluding carboxylic acids is 2. The van der Waals surface area contributed by atoms with E-state index < -0.39 is 23.5 Å². The first kappa shape index (κ1) is 23.0. The van der Waals surface area contributed by atoms with Crippen LogP contribution in [0.25, 0.3) is 21.7 Å². The lowest BCUT2D eigenvalue weighted by molar-refractivity contribution is -0.128. The van der Waals surface area contributed by atoms with Gasteiger partial charge in [0.05, 0.1) is 4.47 Å². The van der Waals surface area contributed by atoms with Crippen molar-refractivity contribution in [3.05, 3.63) is 85.6 Å². The first-order chi connectivity index (χ1) is 15.9. The lowest BCUT2D eigenvalue weighted by Crippen LogP contribution is -2.48. The van der Waals surface area contributed by atoms with Crippen LogP contribution in [-0.2, 0) is 4.79 Å². The van der Waals surface area contributed by atoms with Crippen molar-refractivity contribution in [1.82, 2.24) is 10.9 Å². The molecule has 9 heteroatoms. The first-order valence-electron chi connectivity index (χ1n) is 10.0. The Morgan fingerprint density at radius 1 is 1.00 bits per heavy atom. The Morgan fingerprint density at radius 2 is 1.79 bits per heavy atom. The van der Waals surface area contributed by atoms with E-state index in [1.165, 1.54) is 6.07 Å². The normalized spacial score (nSPS) is 11.8. The van der Waals surface area contributed by atoms with Crippen LogP contribution in [0.1, 0.15) is 23.7 Å². The topological polar surface area (TPSA) is 97.6 Å². The number of benzene rings is 3. The van der Waals surface area contributed by atoms with Gasteiger partial charge in [-0.15, -0.1) is 0 Å². The van der Waals surface area contributed by atoms with Crippen LogP contribution in [-0.4, -0.2) is 17.9 Å². The van der Waals surface area contributed by atoms with Crippen molar-refractivity contribution in [1.29, 1.82) is 0 Å². The number of hydrazine groups is 1. The number of nitrogens with one attached hydrogen (secondary N) is 2. The summed E-state index contributed by atoms with van der Waals surface area (Å²) >= 11 is 6.88. The number of hydrogen-bond acceptors (Lipinski definition) is 5. The van der Waals surface area contributed by atoms with Crippen molar-refractivity contribution in [3.8, 4) is 5.75 Å². The summed E-state index contributed by atoms with van der Waals surface area (Å²) in [4.78, 5) is 37.4. The summed E-state index contributed by atoms with van der Waals surface area (Å²) in [6.45, 7) is 1.79. The molecule has 0 fully saturated rings. The molecule has 0 aliphatic carbocycles. The Balaban J connectivity index is 1.47. The van der Waals surface area contributed by atoms with Gasteiger partial charge in [0.15, 0.2) is 6.10 Å². The van der Waals surface area contributed by atoms with Gasteiger partial charge in [-0.3, -0.25) is 20.4 Å². The molecule has 0 saturated carbocycles. The molecule has 33 heavy (non-hydrogen) atoms. The summed E-state index contributed by atoms with van der Waals surface area (Å²) in [6, 6.07) is 17.9. The summed E-state index contributed by atoms with van der Waals surface area (Å²) in [5.74, 6) is -0.845. The molecule has 0 bridgehead atoms. The van der Waals surface area contributed by atoms with Crippen LogP contribution in [0.5, 0.6) is 5.75 Å². The third-order valence-corrected chi connectivity index (χ3v) is 6.31. The Kier molecular flexibility index (Phi) is 6.80.